The molecule has 1 heterocycles. The summed E-state index contributed by atoms with van der Waals surface area (Å²) in [5.74, 6) is -0.169. The van der Waals surface area contributed by atoms with E-state index in [0.717, 1.165) is 18.5 Å². The van der Waals surface area contributed by atoms with Crippen LogP contribution in [0.5, 0.6) is 0 Å². The number of anilines is 2. The van der Waals surface area contributed by atoms with Gasteiger partial charge in [-0.15, -0.1) is 0 Å². The molecule has 0 radical (unpaired) electrons. The summed E-state index contributed by atoms with van der Waals surface area (Å²) in [5.41, 5.74) is 1.76. The molecule has 0 spiro atoms. The molecule has 1 unspecified atom stereocenters. The van der Waals surface area contributed by atoms with E-state index in [1.165, 1.54) is 4.31 Å². The van der Waals surface area contributed by atoms with Crippen LogP contribution in [0.4, 0.5) is 11.4 Å². The van der Waals surface area contributed by atoms with Gasteiger partial charge >= 0.3 is 0 Å². The third-order valence-electron chi connectivity index (χ3n) is 5.01. The summed E-state index contributed by atoms with van der Waals surface area (Å²) in [6.07, 6.45) is 2.59. The Morgan fingerprint density at radius 2 is 1.75 bits per heavy atom. The molecule has 1 amide bonds. The molecule has 0 bridgehead atoms. The number of hydrogen-bond donors (Lipinski definition) is 1. The van der Waals surface area contributed by atoms with Crippen molar-refractivity contribution in [3.05, 3.63) is 54.6 Å². The smallest absolute Gasteiger partial charge is 0.243 e. The van der Waals surface area contributed by atoms with Gasteiger partial charge in [0.1, 0.15) is 0 Å². The van der Waals surface area contributed by atoms with E-state index in [-0.39, 0.29) is 23.3 Å². The largest absolute Gasteiger partial charge is 0.378 e. The normalized spacial score (nSPS) is 17.9. The third kappa shape index (κ3) is 4.72. The van der Waals surface area contributed by atoms with Gasteiger partial charge in [-0.3, -0.25) is 4.79 Å². The van der Waals surface area contributed by atoms with Gasteiger partial charge in [0, 0.05) is 44.5 Å². The highest BCUT2D eigenvalue weighted by Gasteiger charge is 2.34. The van der Waals surface area contributed by atoms with Gasteiger partial charge in [-0.25, -0.2) is 8.42 Å². The molecule has 0 saturated carbocycles. The van der Waals surface area contributed by atoms with Crippen LogP contribution in [0, 0.1) is 0 Å². The highest BCUT2D eigenvalue weighted by molar-refractivity contribution is 7.89. The van der Waals surface area contributed by atoms with Crippen molar-refractivity contribution < 1.29 is 13.2 Å². The standard InChI is InChI=1S/C21H27N3O3S/c1-23(2)18-13-11-17(12-14-18)22-21(25)16-19-8-6-7-15-24(19)28(26,27)20-9-4-3-5-10-20/h3-5,9-14,19H,6-8,15-16H2,1-2H3,(H,22,25). The lowest BCUT2D eigenvalue weighted by Crippen LogP contribution is -2.45. The van der Waals surface area contributed by atoms with Gasteiger partial charge in [0.25, 0.3) is 0 Å². The van der Waals surface area contributed by atoms with E-state index in [1.807, 2.05) is 43.3 Å². The van der Waals surface area contributed by atoms with Crippen LogP contribution in [0.25, 0.3) is 0 Å². The Morgan fingerprint density at radius 3 is 2.39 bits per heavy atom. The van der Waals surface area contributed by atoms with Gasteiger partial charge in [0.15, 0.2) is 0 Å². The number of carbonyl (C=O) groups excluding carboxylic acids is 1. The monoisotopic (exact) mass is 401 g/mol. The van der Waals surface area contributed by atoms with Crippen LogP contribution in [0.15, 0.2) is 59.5 Å². The minimum Gasteiger partial charge on any atom is -0.378 e. The maximum absolute atomic E-state index is 13.0. The number of sulfonamides is 1. The van der Waals surface area contributed by atoms with Crippen molar-refractivity contribution >= 4 is 27.3 Å². The fourth-order valence-electron chi connectivity index (χ4n) is 3.49. The van der Waals surface area contributed by atoms with Crippen LogP contribution in [0.2, 0.25) is 0 Å². The van der Waals surface area contributed by atoms with Gasteiger partial charge in [-0.1, -0.05) is 24.6 Å². The van der Waals surface area contributed by atoms with Crippen LogP contribution in [0.3, 0.4) is 0 Å². The number of carbonyl (C=O) groups is 1. The van der Waals surface area contributed by atoms with E-state index in [0.29, 0.717) is 18.7 Å². The van der Waals surface area contributed by atoms with E-state index >= 15 is 0 Å². The molecule has 1 aliphatic rings. The maximum atomic E-state index is 13.0. The van der Waals surface area contributed by atoms with Crippen molar-refractivity contribution in [2.24, 2.45) is 0 Å². The van der Waals surface area contributed by atoms with Crippen molar-refractivity contribution in [3.8, 4) is 0 Å². The SMILES string of the molecule is CN(C)c1ccc(NC(=O)CC2CCCCN2S(=O)(=O)c2ccccc2)cc1. The van der Waals surface area contributed by atoms with Gasteiger partial charge in [-0.2, -0.15) is 4.31 Å². The number of nitrogens with zero attached hydrogens (tertiary/aromatic N) is 2. The first-order valence-electron chi connectivity index (χ1n) is 9.52. The molecule has 28 heavy (non-hydrogen) atoms. The Bertz CT molecular complexity index is 896. The van der Waals surface area contributed by atoms with Crippen molar-refractivity contribution in [1.29, 1.82) is 0 Å². The first kappa shape index (κ1) is 20.4. The van der Waals surface area contributed by atoms with Crippen LogP contribution in [-0.2, 0) is 14.8 Å². The second-order valence-corrected chi connectivity index (χ2v) is 9.16. The van der Waals surface area contributed by atoms with E-state index < -0.39 is 10.0 Å². The quantitative estimate of drug-likeness (QED) is 0.806. The van der Waals surface area contributed by atoms with E-state index in [9.17, 15) is 13.2 Å². The zero-order chi connectivity index (χ0) is 20.1. The van der Waals surface area contributed by atoms with Crippen LogP contribution >= 0.6 is 0 Å². The molecule has 1 aliphatic heterocycles. The fraction of sp³-hybridized carbons (Fsp3) is 0.381. The molecule has 1 N–H and O–H groups in total. The van der Waals surface area contributed by atoms with Crippen molar-refractivity contribution in [2.75, 3.05) is 30.9 Å². The number of nitrogens with one attached hydrogen (secondary N) is 1. The van der Waals surface area contributed by atoms with Crippen molar-refractivity contribution in [3.63, 3.8) is 0 Å². The zero-order valence-corrected chi connectivity index (χ0v) is 17.2. The van der Waals surface area contributed by atoms with Crippen LogP contribution < -0.4 is 10.2 Å². The second-order valence-electron chi connectivity index (χ2n) is 7.27. The first-order valence-corrected chi connectivity index (χ1v) is 11.0. The minimum absolute atomic E-state index is 0.154. The Morgan fingerprint density at radius 1 is 1.07 bits per heavy atom. The minimum atomic E-state index is -3.60. The lowest BCUT2D eigenvalue weighted by Gasteiger charge is -2.34. The lowest BCUT2D eigenvalue weighted by atomic mass is 10.0. The summed E-state index contributed by atoms with van der Waals surface area (Å²) >= 11 is 0. The average molecular weight is 402 g/mol. The molecule has 1 saturated heterocycles. The second kappa shape index (κ2) is 8.75. The van der Waals surface area contributed by atoms with Crippen LogP contribution in [-0.4, -0.2) is 45.3 Å². The third-order valence-corrected chi connectivity index (χ3v) is 6.98. The first-order chi connectivity index (χ1) is 13.4. The average Bonchev–Trinajstić information content (AvgIpc) is 2.69. The Balaban J connectivity index is 1.69. The number of piperidine rings is 1. The van der Waals surface area contributed by atoms with Gasteiger partial charge in [0.05, 0.1) is 4.90 Å². The topological polar surface area (TPSA) is 69.7 Å². The molecule has 3 rings (SSSR count). The van der Waals surface area contributed by atoms with Crippen molar-refractivity contribution in [2.45, 2.75) is 36.6 Å². The van der Waals surface area contributed by atoms with E-state index in [1.54, 1.807) is 30.3 Å². The number of amides is 1. The highest BCUT2D eigenvalue weighted by Crippen LogP contribution is 2.27. The summed E-state index contributed by atoms with van der Waals surface area (Å²) in [4.78, 5) is 14.8. The Kier molecular flexibility index (Phi) is 6.36. The van der Waals surface area contributed by atoms with Crippen molar-refractivity contribution in [1.82, 2.24) is 4.31 Å². The molecule has 0 aliphatic carbocycles. The van der Waals surface area contributed by atoms with Crippen LogP contribution in [0.1, 0.15) is 25.7 Å². The van der Waals surface area contributed by atoms with E-state index in [2.05, 4.69) is 5.32 Å². The molecule has 1 atom stereocenters. The summed E-state index contributed by atoms with van der Waals surface area (Å²) in [6.45, 7) is 0.451. The maximum Gasteiger partial charge on any atom is 0.243 e. The highest BCUT2D eigenvalue weighted by atomic mass is 32.2. The molecule has 2 aromatic rings. The fourth-order valence-corrected chi connectivity index (χ4v) is 5.21. The number of benzene rings is 2. The van der Waals surface area contributed by atoms with Gasteiger partial charge in [-0.05, 0) is 49.2 Å². The number of hydrogen-bond acceptors (Lipinski definition) is 4. The van der Waals surface area contributed by atoms with Gasteiger partial charge in [0.2, 0.25) is 15.9 Å². The Labute approximate surface area is 167 Å². The zero-order valence-electron chi connectivity index (χ0n) is 16.3. The summed E-state index contributed by atoms with van der Waals surface area (Å²) in [6, 6.07) is 15.7. The molecule has 2 aromatic carbocycles. The molecule has 1 fully saturated rings. The molecule has 6 nitrogen and oxygen atoms in total. The number of rotatable bonds is 6. The predicted octanol–water partition coefficient (Wildman–Crippen LogP) is 3.32. The molecular formula is C21H27N3O3S. The summed E-state index contributed by atoms with van der Waals surface area (Å²) in [7, 11) is 0.317. The molecule has 7 heteroatoms. The molecule has 0 aromatic heterocycles. The van der Waals surface area contributed by atoms with Gasteiger partial charge < -0.3 is 10.2 Å². The molecule has 150 valence electrons. The van der Waals surface area contributed by atoms with E-state index in [4.69, 9.17) is 0 Å². The summed E-state index contributed by atoms with van der Waals surface area (Å²) < 4.78 is 27.6. The Hall–Kier alpha value is -2.38. The lowest BCUT2D eigenvalue weighted by molar-refractivity contribution is -0.117. The predicted molar refractivity (Wildman–Crippen MR) is 112 cm³/mol. The molecular weight excluding hydrogens is 374 g/mol. The summed E-state index contributed by atoms with van der Waals surface area (Å²) in [5, 5.41) is 2.89.